The first-order chi connectivity index (χ1) is 43.3. The zero-order valence-electron chi connectivity index (χ0n) is 70.7. The Morgan fingerprint density at radius 2 is 0.755 bits per heavy atom. The maximum absolute atomic E-state index is 4.21. The van der Waals surface area contributed by atoms with Gasteiger partial charge in [-0.25, -0.2) is 0 Å². The van der Waals surface area contributed by atoms with Crippen LogP contribution in [0.15, 0.2) is 136 Å². The predicted molar refractivity (Wildman–Crippen MR) is 434 cm³/mol. The van der Waals surface area contributed by atoms with Gasteiger partial charge in [0.2, 0.25) is 0 Å². The van der Waals surface area contributed by atoms with E-state index in [2.05, 4.69) is 362 Å². The Balaban J connectivity index is 0.000000570. The molecule has 0 fully saturated rings. The molecule has 0 saturated heterocycles. The van der Waals surface area contributed by atoms with E-state index in [1.54, 1.807) is 0 Å². The standard InChI is InChI=1S/C15H19.C14H17.2C14H22.3C13H20.2Y/c1-10-6-7-12-9-11(2)14(13(12)8-10)15(3,4)5;1-10-5-6-11-7-8-13(12(11)9-10)14(2,3)4;2*1-9-8-10(2)13(14(5,6)7)12(4)11(9)3;2*1-9-7-11(3)12(8-10(9)2)13(4,5)6;1-9-7-10(2)12(11(3)8-9)13(4,5)6;;/h6,8H,9H2,1-5H3;5,8-9H,7H2,1-4H3;8H,1-7H3;2,8H2,1,3-7H3;7-8H,1-6H3;8H,3,7H2,1-2,4-6H3;7-8H,1-6H3;;/q2*-1;;;;;;;. The van der Waals surface area contributed by atoms with Gasteiger partial charge in [-0.1, -0.05) is 254 Å². The normalized spacial score (nSPS) is 14.8. The molecular formula is C96H140Y2-2. The van der Waals surface area contributed by atoms with Gasteiger partial charge in [0.05, 0.1) is 0 Å². The van der Waals surface area contributed by atoms with E-state index in [4.69, 9.17) is 0 Å². The van der Waals surface area contributed by atoms with E-state index in [-0.39, 0.29) is 103 Å². The van der Waals surface area contributed by atoms with Crippen molar-refractivity contribution in [2.24, 2.45) is 21.7 Å². The van der Waals surface area contributed by atoms with Gasteiger partial charge < -0.3 is 0 Å². The van der Waals surface area contributed by atoms with Gasteiger partial charge in [-0.3, -0.25) is 0 Å². The molecule has 4 aliphatic carbocycles. The summed E-state index contributed by atoms with van der Waals surface area (Å²) in [7, 11) is 0. The second-order valence-corrected chi connectivity index (χ2v) is 36.7. The molecule has 0 unspecified atom stereocenters. The van der Waals surface area contributed by atoms with E-state index in [1.807, 2.05) is 0 Å². The van der Waals surface area contributed by atoms with Gasteiger partial charge in [0.15, 0.2) is 0 Å². The second-order valence-electron chi connectivity index (χ2n) is 36.7. The molecule has 5 aromatic carbocycles. The van der Waals surface area contributed by atoms with E-state index in [1.165, 1.54) is 173 Å². The molecule has 0 nitrogen and oxygen atoms in total. The number of rotatable bonds is 0. The van der Waals surface area contributed by atoms with Gasteiger partial charge in [-0.15, -0.1) is 11.1 Å². The van der Waals surface area contributed by atoms with Gasteiger partial charge in [0.1, 0.15) is 0 Å². The van der Waals surface area contributed by atoms with Gasteiger partial charge in [-0.2, -0.15) is 58.7 Å². The number of benzene rings is 5. The molecule has 4 aliphatic rings. The zero-order valence-corrected chi connectivity index (χ0v) is 76.4. The Hall–Kier alpha value is -3.77. The summed E-state index contributed by atoms with van der Waals surface area (Å²) in [4.78, 5) is 0. The first kappa shape index (κ1) is 92.2. The molecule has 9 rings (SSSR count). The SMILES string of the molecule is C=C1CC(C)=C(C)C(C)=C1C(C)(C)C.C=C1CC(C)=C(C)C=C1C(C)(C)C.CC1=C(C(C)(C)C)c2cc(C)c[c-]c2C1.Cc1c[c-]c2c(c1)C(C(C)(C)C)=CC2.Cc1cc(C)c(C(C)(C)C)c(C)c1.Cc1cc(C)c(C(C)(C)C)c(C)c1C.Cc1cc(C)c(C(C)(C)C)cc1C.[Y].[Y]. The minimum absolute atomic E-state index is 0. The Morgan fingerprint density at radius 1 is 0.327 bits per heavy atom. The van der Waals surface area contributed by atoms with Crippen LogP contribution in [0.25, 0.3) is 11.1 Å². The molecule has 0 N–H and O–H groups in total. The molecule has 0 heterocycles. The first-order valence-electron chi connectivity index (χ1n) is 36.2. The molecule has 98 heavy (non-hydrogen) atoms. The van der Waals surface area contributed by atoms with Crippen LogP contribution >= 0.6 is 0 Å². The van der Waals surface area contributed by atoms with Crippen molar-refractivity contribution in [2.75, 3.05) is 0 Å². The first-order valence-corrected chi connectivity index (χ1v) is 36.2. The third-order valence-corrected chi connectivity index (χ3v) is 19.9. The van der Waals surface area contributed by atoms with Crippen molar-refractivity contribution in [2.45, 2.75) is 312 Å². The summed E-state index contributed by atoms with van der Waals surface area (Å²) < 4.78 is 0. The summed E-state index contributed by atoms with van der Waals surface area (Å²) in [6, 6.07) is 27.0. The summed E-state index contributed by atoms with van der Waals surface area (Å²) in [5, 5.41) is 0. The fourth-order valence-electron chi connectivity index (χ4n) is 15.4. The van der Waals surface area contributed by atoms with E-state index < -0.39 is 0 Å². The van der Waals surface area contributed by atoms with Crippen LogP contribution in [0.4, 0.5) is 0 Å². The molecule has 0 spiro atoms. The molecule has 0 aliphatic heterocycles. The fraction of sp³-hybridized carbons (Fsp3) is 0.521. The van der Waals surface area contributed by atoms with Crippen LogP contribution in [0.2, 0.25) is 0 Å². The van der Waals surface area contributed by atoms with Crippen LogP contribution in [0.3, 0.4) is 0 Å². The third kappa shape index (κ3) is 25.6. The molecule has 2 heteroatoms. The Labute approximate surface area is 657 Å². The average Bonchev–Trinajstić information content (AvgIpc) is 1.43. The van der Waals surface area contributed by atoms with Gasteiger partial charge >= 0.3 is 0 Å². The monoisotopic (exact) mass is 1470 g/mol. The second kappa shape index (κ2) is 36.1. The van der Waals surface area contributed by atoms with Crippen LogP contribution in [0, 0.1) is 117 Å². The molecule has 532 valence electrons. The van der Waals surface area contributed by atoms with E-state index >= 15 is 0 Å². The number of hydrogen-bond acceptors (Lipinski definition) is 0. The van der Waals surface area contributed by atoms with Crippen LogP contribution in [0.1, 0.15) is 305 Å². The quantitative estimate of drug-likeness (QED) is 0.136. The number of aryl methyl sites for hydroxylation is 10. The average molecular weight is 1470 g/mol. The van der Waals surface area contributed by atoms with Crippen molar-refractivity contribution in [3.63, 3.8) is 0 Å². The Kier molecular flexibility index (Phi) is 34.0. The van der Waals surface area contributed by atoms with Crippen molar-refractivity contribution in [3.8, 4) is 0 Å². The summed E-state index contributed by atoms with van der Waals surface area (Å²) in [6.45, 7) is 95.7. The maximum atomic E-state index is 4.21. The minimum atomic E-state index is 0. The van der Waals surface area contributed by atoms with Gasteiger partial charge in [-0.05, 0) is 275 Å². The topological polar surface area (TPSA) is 0 Å². The number of fused-ring (bicyclic) bond motifs is 2. The van der Waals surface area contributed by atoms with Crippen molar-refractivity contribution in [1.29, 1.82) is 0 Å². The van der Waals surface area contributed by atoms with Crippen LogP contribution in [-0.2, 0) is 94.5 Å². The van der Waals surface area contributed by atoms with E-state index in [0.717, 1.165) is 25.7 Å². The molecule has 2 radical (unpaired) electrons. The molecule has 0 bridgehead atoms. The predicted octanol–water partition coefficient (Wildman–Crippen LogP) is 28.9. The smallest absolute Gasteiger partial charge is 0 e. The number of allylic oxidation sites excluding steroid dienone is 14. The van der Waals surface area contributed by atoms with Crippen LogP contribution in [-0.4, -0.2) is 0 Å². The fourth-order valence-corrected chi connectivity index (χ4v) is 15.4. The summed E-state index contributed by atoms with van der Waals surface area (Å²) in [6.07, 6.45) is 8.89. The van der Waals surface area contributed by atoms with Crippen molar-refractivity contribution in [3.05, 3.63) is 253 Å². The summed E-state index contributed by atoms with van der Waals surface area (Å²) in [5.74, 6) is 0. The third-order valence-electron chi connectivity index (χ3n) is 19.9. The zero-order chi connectivity index (χ0) is 74.4. The largest absolute Gasteiger partial charge is 0.179 e. The van der Waals surface area contributed by atoms with Gasteiger partial charge in [0.25, 0.3) is 0 Å². The Bertz CT molecular complexity index is 3830. The van der Waals surface area contributed by atoms with Crippen molar-refractivity contribution < 1.29 is 65.4 Å². The minimum Gasteiger partial charge on any atom is -0.179 e. The molecule has 0 atom stereocenters. The maximum Gasteiger partial charge on any atom is 0 e. The molecule has 0 saturated carbocycles. The molecular weight excluding hydrogens is 1330 g/mol. The molecule has 5 aromatic rings. The molecule has 0 amide bonds. The summed E-state index contributed by atoms with van der Waals surface area (Å²) in [5.41, 5.74) is 45.8. The molecule has 0 aromatic heterocycles. The Morgan fingerprint density at radius 3 is 1.20 bits per heavy atom. The van der Waals surface area contributed by atoms with Crippen LogP contribution < -0.4 is 0 Å². The summed E-state index contributed by atoms with van der Waals surface area (Å²) >= 11 is 0. The van der Waals surface area contributed by atoms with Crippen molar-refractivity contribution in [1.82, 2.24) is 0 Å². The number of hydrogen-bond donors (Lipinski definition) is 0. The van der Waals surface area contributed by atoms with E-state index in [0.29, 0.717) is 0 Å². The van der Waals surface area contributed by atoms with Crippen molar-refractivity contribution >= 4 is 11.1 Å². The van der Waals surface area contributed by atoms with E-state index in [9.17, 15) is 0 Å². The van der Waals surface area contributed by atoms with Gasteiger partial charge in [0, 0.05) is 65.4 Å². The van der Waals surface area contributed by atoms with Crippen LogP contribution in [0.5, 0.6) is 0 Å².